The molecule has 0 saturated carbocycles. The van der Waals surface area contributed by atoms with Crippen LogP contribution in [0.2, 0.25) is 0 Å². The second kappa shape index (κ2) is 10.5. The molecule has 2 aromatic carbocycles. The lowest BCUT2D eigenvalue weighted by molar-refractivity contribution is -0.902. The van der Waals surface area contributed by atoms with E-state index in [9.17, 15) is 5.26 Å². The molecule has 1 aliphatic rings. The zero-order valence-electron chi connectivity index (χ0n) is 17.9. The first-order chi connectivity index (χ1) is 15.3. The Morgan fingerprint density at radius 2 is 1.74 bits per heavy atom. The van der Waals surface area contributed by atoms with E-state index in [1.807, 2.05) is 48.5 Å². The summed E-state index contributed by atoms with van der Waals surface area (Å²) in [6.07, 6.45) is 4.01. The van der Waals surface area contributed by atoms with E-state index in [1.54, 1.807) is 23.8 Å². The van der Waals surface area contributed by atoms with Gasteiger partial charge in [0.1, 0.15) is 16.8 Å². The van der Waals surface area contributed by atoms with E-state index < -0.39 is 0 Å². The van der Waals surface area contributed by atoms with Gasteiger partial charge in [-0.05, 0) is 43.0 Å². The van der Waals surface area contributed by atoms with E-state index in [-0.39, 0.29) is 0 Å². The van der Waals surface area contributed by atoms with E-state index in [4.69, 9.17) is 9.72 Å². The number of rotatable bonds is 7. The number of nitrogens with one attached hydrogen (secondary N) is 1. The topological polar surface area (TPSA) is 50.4 Å². The average Bonchev–Trinajstić information content (AvgIpc) is 2.85. The monoisotopic (exact) mass is 430 g/mol. The molecule has 158 valence electrons. The van der Waals surface area contributed by atoms with Crippen molar-refractivity contribution in [2.75, 3.05) is 32.5 Å². The Balaban J connectivity index is 1.68. The minimum atomic E-state index is 0.656. The van der Waals surface area contributed by atoms with Gasteiger partial charge in [-0.2, -0.15) is 5.26 Å². The average molecular weight is 431 g/mol. The van der Waals surface area contributed by atoms with Crippen molar-refractivity contribution in [2.24, 2.45) is 0 Å². The fourth-order valence-corrected chi connectivity index (χ4v) is 5.13. The number of quaternary nitrogens is 1. The second-order valence-electron chi connectivity index (χ2n) is 7.85. The van der Waals surface area contributed by atoms with Crippen molar-refractivity contribution in [1.82, 2.24) is 4.98 Å². The standard InChI is InChI=1S/C26H27N3OS/c1-30-22-12-10-20(11-13-22)23-18-25(21-8-4-2-5-9-21)28-26(24(23)19-27)31-17-16-29-14-6-3-7-15-29/h2,4-5,8-13,18H,3,6-7,14-17H2,1H3/p+1. The molecule has 5 heteroatoms. The number of ether oxygens (including phenoxy) is 1. The second-order valence-corrected chi connectivity index (χ2v) is 8.93. The molecule has 4 rings (SSSR count). The highest BCUT2D eigenvalue weighted by molar-refractivity contribution is 7.99. The first-order valence-electron chi connectivity index (χ1n) is 10.9. The third-order valence-corrected chi connectivity index (χ3v) is 6.80. The van der Waals surface area contributed by atoms with Crippen molar-refractivity contribution in [3.05, 3.63) is 66.2 Å². The lowest BCUT2D eigenvalue weighted by Crippen LogP contribution is -3.13. The molecular formula is C26H28N3OS+. The number of piperidine rings is 1. The molecule has 0 radical (unpaired) electrons. The molecule has 4 nitrogen and oxygen atoms in total. The summed E-state index contributed by atoms with van der Waals surface area (Å²) in [5, 5.41) is 10.9. The van der Waals surface area contributed by atoms with Crippen molar-refractivity contribution in [3.8, 4) is 34.2 Å². The number of thioether (sulfide) groups is 1. The van der Waals surface area contributed by atoms with Crippen LogP contribution in [0.4, 0.5) is 0 Å². The largest absolute Gasteiger partial charge is 0.497 e. The summed E-state index contributed by atoms with van der Waals surface area (Å²) in [5.41, 5.74) is 4.54. The Bertz CT molecular complexity index is 1040. The Morgan fingerprint density at radius 3 is 2.42 bits per heavy atom. The maximum Gasteiger partial charge on any atom is 0.118 e. The van der Waals surface area contributed by atoms with E-state index in [1.165, 1.54) is 32.4 Å². The molecule has 0 bridgehead atoms. The lowest BCUT2D eigenvalue weighted by atomic mass is 9.99. The molecule has 0 amide bonds. The number of nitriles is 1. The normalized spacial score (nSPS) is 14.2. The van der Waals surface area contributed by atoms with E-state index in [0.717, 1.165) is 45.5 Å². The van der Waals surface area contributed by atoms with Crippen molar-refractivity contribution in [1.29, 1.82) is 5.26 Å². The van der Waals surface area contributed by atoms with Gasteiger partial charge < -0.3 is 9.64 Å². The van der Waals surface area contributed by atoms with E-state index in [2.05, 4.69) is 18.2 Å². The highest BCUT2D eigenvalue weighted by Gasteiger charge is 2.18. The van der Waals surface area contributed by atoms with Crippen molar-refractivity contribution >= 4 is 11.8 Å². The fourth-order valence-electron chi connectivity index (χ4n) is 4.08. The van der Waals surface area contributed by atoms with Crippen LogP contribution in [0.1, 0.15) is 24.8 Å². The zero-order valence-corrected chi connectivity index (χ0v) is 18.8. The molecule has 1 aliphatic heterocycles. The van der Waals surface area contributed by atoms with Crippen molar-refractivity contribution in [3.63, 3.8) is 0 Å². The molecule has 2 heterocycles. The highest BCUT2D eigenvalue weighted by atomic mass is 32.2. The molecule has 3 aromatic rings. The predicted molar refractivity (Wildman–Crippen MR) is 127 cm³/mol. The number of hydrogen-bond donors (Lipinski definition) is 1. The van der Waals surface area contributed by atoms with Gasteiger partial charge in [0.2, 0.25) is 0 Å². The van der Waals surface area contributed by atoms with Crippen LogP contribution in [-0.4, -0.2) is 37.5 Å². The predicted octanol–water partition coefficient (Wildman–Crippen LogP) is 4.46. The van der Waals surface area contributed by atoms with Crippen molar-refractivity contribution < 1.29 is 9.64 Å². The number of hydrogen-bond acceptors (Lipinski definition) is 4. The maximum absolute atomic E-state index is 10.0. The van der Waals surface area contributed by atoms with Gasteiger partial charge in [0.05, 0.1) is 38.0 Å². The number of pyridine rings is 1. The SMILES string of the molecule is COc1ccc(-c2cc(-c3ccccc3)nc(SCC[NH+]3CCCCC3)c2C#N)cc1. The molecular weight excluding hydrogens is 402 g/mol. The minimum Gasteiger partial charge on any atom is -0.497 e. The van der Waals surface area contributed by atoms with Gasteiger partial charge in [0.25, 0.3) is 0 Å². The number of methoxy groups -OCH3 is 1. The summed E-state index contributed by atoms with van der Waals surface area (Å²) in [6.45, 7) is 3.64. The molecule has 31 heavy (non-hydrogen) atoms. The van der Waals surface area contributed by atoms with Crippen LogP contribution < -0.4 is 9.64 Å². The van der Waals surface area contributed by atoms with Crippen LogP contribution in [0, 0.1) is 11.3 Å². The van der Waals surface area contributed by atoms with E-state index in [0.29, 0.717) is 5.56 Å². The third kappa shape index (κ3) is 5.28. The molecule has 0 spiro atoms. The molecule has 0 aliphatic carbocycles. The molecule has 1 N–H and O–H groups in total. The number of aromatic nitrogens is 1. The number of benzene rings is 2. The summed E-state index contributed by atoms with van der Waals surface area (Å²) < 4.78 is 5.31. The Hall–Kier alpha value is -2.81. The third-order valence-electron chi connectivity index (χ3n) is 5.82. The summed E-state index contributed by atoms with van der Waals surface area (Å²) >= 11 is 1.71. The van der Waals surface area contributed by atoms with Gasteiger partial charge in [0, 0.05) is 16.9 Å². The fraction of sp³-hybridized carbons (Fsp3) is 0.308. The maximum atomic E-state index is 10.0. The van der Waals surface area contributed by atoms with Gasteiger partial charge in [-0.15, -0.1) is 0 Å². The van der Waals surface area contributed by atoms with Gasteiger partial charge in [-0.25, -0.2) is 4.98 Å². The van der Waals surface area contributed by atoms with Gasteiger partial charge in [-0.1, -0.05) is 54.2 Å². The van der Waals surface area contributed by atoms with Crippen LogP contribution in [0.5, 0.6) is 5.75 Å². The first kappa shape index (κ1) is 21.4. The summed E-state index contributed by atoms with van der Waals surface area (Å²) in [6, 6.07) is 22.6. The minimum absolute atomic E-state index is 0.656. The van der Waals surface area contributed by atoms with Crippen molar-refractivity contribution in [2.45, 2.75) is 24.3 Å². The summed E-state index contributed by atoms with van der Waals surface area (Å²) in [4.78, 5) is 6.60. The Labute approximate surface area is 188 Å². The van der Waals surface area contributed by atoms with Gasteiger partial charge >= 0.3 is 0 Å². The van der Waals surface area contributed by atoms with Gasteiger partial charge in [0.15, 0.2) is 0 Å². The van der Waals surface area contributed by atoms with Crippen LogP contribution in [-0.2, 0) is 0 Å². The van der Waals surface area contributed by atoms with Crippen LogP contribution in [0.15, 0.2) is 65.7 Å². The summed E-state index contributed by atoms with van der Waals surface area (Å²) in [7, 11) is 1.66. The number of likely N-dealkylation sites (tertiary alicyclic amines) is 1. The number of nitrogens with zero attached hydrogens (tertiary/aromatic N) is 2. The molecule has 0 atom stereocenters. The summed E-state index contributed by atoms with van der Waals surface area (Å²) in [5.74, 6) is 1.77. The quantitative estimate of drug-likeness (QED) is 0.563. The zero-order chi connectivity index (χ0) is 21.5. The van der Waals surface area contributed by atoms with Crippen LogP contribution in [0.25, 0.3) is 22.4 Å². The molecule has 1 saturated heterocycles. The first-order valence-corrected chi connectivity index (χ1v) is 11.9. The molecule has 1 fully saturated rings. The van der Waals surface area contributed by atoms with E-state index >= 15 is 0 Å². The highest BCUT2D eigenvalue weighted by Crippen LogP contribution is 2.34. The van der Waals surface area contributed by atoms with Crippen LogP contribution in [0.3, 0.4) is 0 Å². The molecule has 1 aromatic heterocycles. The smallest absolute Gasteiger partial charge is 0.118 e. The Morgan fingerprint density at radius 1 is 1.00 bits per heavy atom. The Kier molecular flexibility index (Phi) is 7.24. The lowest BCUT2D eigenvalue weighted by Gasteiger charge is -2.23. The van der Waals surface area contributed by atoms with Crippen LogP contribution >= 0.6 is 11.8 Å². The molecule has 0 unspecified atom stereocenters. The van der Waals surface area contributed by atoms with Gasteiger partial charge in [-0.3, -0.25) is 0 Å².